The van der Waals surface area contributed by atoms with Crippen molar-refractivity contribution in [1.29, 1.82) is 0 Å². The molecule has 0 saturated heterocycles. The van der Waals surface area contributed by atoms with E-state index in [0.29, 0.717) is 22.7 Å². The zero-order valence-electron chi connectivity index (χ0n) is 17.1. The lowest BCUT2D eigenvalue weighted by Gasteiger charge is -2.09. The highest BCUT2D eigenvalue weighted by atomic mass is 16.5. The molecular formula is C24H23N3O4. The van der Waals surface area contributed by atoms with Gasteiger partial charge in [-0.25, -0.2) is 0 Å². The molecule has 3 rings (SSSR count). The van der Waals surface area contributed by atoms with E-state index in [1.807, 2.05) is 30.3 Å². The number of ether oxygens (including phenoxy) is 1. The molecule has 0 fully saturated rings. The molecule has 0 aliphatic heterocycles. The molecule has 3 amide bonds. The minimum absolute atomic E-state index is 0.134. The summed E-state index contributed by atoms with van der Waals surface area (Å²) in [6.45, 7) is -0.134. The highest BCUT2D eigenvalue weighted by molar-refractivity contribution is 6.04. The van der Waals surface area contributed by atoms with Crippen LogP contribution in [0.4, 0.5) is 11.4 Å². The fraction of sp³-hybridized carbons (Fsp3) is 0.125. The second-order valence-electron chi connectivity index (χ2n) is 6.75. The summed E-state index contributed by atoms with van der Waals surface area (Å²) in [4.78, 5) is 36.4. The van der Waals surface area contributed by atoms with E-state index in [4.69, 9.17) is 4.74 Å². The Morgan fingerprint density at radius 2 is 1.35 bits per heavy atom. The third kappa shape index (κ3) is 6.71. The van der Waals surface area contributed by atoms with Crippen molar-refractivity contribution in [1.82, 2.24) is 5.32 Å². The molecule has 0 saturated carbocycles. The molecule has 0 spiro atoms. The van der Waals surface area contributed by atoms with Crippen molar-refractivity contribution in [2.75, 3.05) is 24.3 Å². The molecule has 0 unspecified atom stereocenters. The Labute approximate surface area is 180 Å². The minimum atomic E-state index is -0.350. The zero-order valence-corrected chi connectivity index (χ0v) is 17.1. The third-order valence-electron chi connectivity index (χ3n) is 4.43. The molecule has 0 aliphatic carbocycles. The number of methoxy groups -OCH3 is 1. The Hall–Kier alpha value is -4.13. The van der Waals surface area contributed by atoms with Crippen molar-refractivity contribution in [3.63, 3.8) is 0 Å². The van der Waals surface area contributed by atoms with Crippen LogP contribution in [0.3, 0.4) is 0 Å². The zero-order chi connectivity index (χ0) is 22.1. The summed E-state index contributed by atoms with van der Waals surface area (Å²) >= 11 is 0. The predicted octanol–water partition coefficient (Wildman–Crippen LogP) is 3.24. The molecule has 0 bridgehead atoms. The molecule has 3 aromatic rings. The maximum atomic E-state index is 12.4. The standard InChI is InChI=1S/C24H23N3O4/c1-31-21-13-11-20(12-14-21)27-24(30)18-7-9-19(10-8-18)26-23(29)16-25-22(28)15-17-5-3-2-4-6-17/h2-14H,15-16H2,1H3,(H,25,28)(H,26,29)(H,27,30). The van der Waals surface area contributed by atoms with E-state index in [1.165, 1.54) is 0 Å². The average molecular weight is 417 g/mol. The minimum Gasteiger partial charge on any atom is -0.497 e. The monoisotopic (exact) mass is 417 g/mol. The van der Waals surface area contributed by atoms with Gasteiger partial charge in [0, 0.05) is 16.9 Å². The normalized spacial score (nSPS) is 10.1. The fourth-order valence-electron chi connectivity index (χ4n) is 2.81. The summed E-state index contributed by atoms with van der Waals surface area (Å²) in [5, 5.41) is 8.08. The van der Waals surface area contributed by atoms with Crippen LogP contribution in [-0.4, -0.2) is 31.4 Å². The van der Waals surface area contributed by atoms with Gasteiger partial charge in [0.25, 0.3) is 5.91 Å². The van der Waals surface area contributed by atoms with Crippen molar-refractivity contribution in [2.45, 2.75) is 6.42 Å². The van der Waals surface area contributed by atoms with E-state index >= 15 is 0 Å². The Kier molecular flexibility index (Phi) is 7.37. The molecule has 31 heavy (non-hydrogen) atoms. The summed E-state index contributed by atoms with van der Waals surface area (Å²) in [5.74, 6) is -0.144. The lowest BCUT2D eigenvalue weighted by Crippen LogP contribution is -2.33. The summed E-state index contributed by atoms with van der Waals surface area (Å²) in [7, 11) is 1.58. The lowest BCUT2D eigenvalue weighted by molar-refractivity contribution is -0.123. The largest absolute Gasteiger partial charge is 0.497 e. The van der Waals surface area contributed by atoms with E-state index in [9.17, 15) is 14.4 Å². The van der Waals surface area contributed by atoms with Gasteiger partial charge in [-0.1, -0.05) is 30.3 Å². The number of hydrogen-bond donors (Lipinski definition) is 3. The molecule has 0 aromatic heterocycles. The Morgan fingerprint density at radius 1 is 0.742 bits per heavy atom. The highest BCUT2D eigenvalue weighted by Gasteiger charge is 2.09. The summed E-state index contributed by atoms with van der Waals surface area (Å²) < 4.78 is 5.09. The summed E-state index contributed by atoms with van der Waals surface area (Å²) in [6, 6.07) is 22.8. The maximum absolute atomic E-state index is 12.4. The number of carbonyl (C=O) groups is 3. The molecule has 0 heterocycles. The summed E-state index contributed by atoms with van der Waals surface area (Å²) in [6.07, 6.45) is 0.214. The van der Waals surface area contributed by atoms with Crippen LogP contribution in [-0.2, 0) is 16.0 Å². The van der Waals surface area contributed by atoms with Gasteiger partial charge in [-0.3, -0.25) is 14.4 Å². The van der Waals surface area contributed by atoms with E-state index in [-0.39, 0.29) is 30.7 Å². The Bertz CT molecular complexity index is 1030. The van der Waals surface area contributed by atoms with E-state index in [2.05, 4.69) is 16.0 Å². The van der Waals surface area contributed by atoms with E-state index in [0.717, 1.165) is 5.56 Å². The van der Waals surface area contributed by atoms with Gasteiger partial charge in [-0.2, -0.15) is 0 Å². The second kappa shape index (κ2) is 10.6. The van der Waals surface area contributed by atoms with Crippen molar-refractivity contribution >= 4 is 29.1 Å². The number of carbonyl (C=O) groups excluding carboxylic acids is 3. The second-order valence-corrected chi connectivity index (χ2v) is 6.75. The number of nitrogens with one attached hydrogen (secondary N) is 3. The molecule has 7 nitrogen and oxygen atoms in total. The van der Waals surface area contributed by atoms with Gasteiger partial charge in [0.1, 0.15) is 5.75 Å². The molecule has 0 aliphatic rings. The highest BCUT2D eigenvalue weighted by Crippen LogP contribution is 2.16. The van der Waals surface area contributed by atoms with Gasteiger partial charge in [0.2, 0.25) is 11.8 Å². The van der Waals surface area contributed by atoms with Crippen LogP contribution < -0.4 is 20.7 Å². The quantitative estimate of drug-likeness (QED) is 0.524. The lowest BCUT2D eigenvalue weighted by atomic mass is 10.1. The van der Waals surface area contributed by atoms with Gasteiger partial charge in [0.05, 0.1) is 20.1 Å². The molecule has 0 radical (unpaired) electrons. The fourth-order valence-corrected chi connectivity index (χ4v) is 2.81. The first-order valence-electron chi connectivity index (χ1n) is 9.69. The SMILES string of the molecule is COc1ccc(NC(=O)c2ccc(NC(=O)CNC(=O)Cc3ccccc3)cc2)cc1. The first-order chi connectivity index (χ1) is 15.0. The number of amides is 3. The predicted molar refractivity (Wildman–Crippen MR) is 119 cm³/mol. The average Bonchev–Trinajstić information content (AvgIpc) is 2.79. The van der Waals surface area contributed by atoms with Crippen molar-refractivity contribution in [2.24, 2.45) is 0 Å². The van der Waals surface area contributed by atoms with Crippen molar-refractivity contribution < 1.29 is 19.1 Å². The van der Waals surface area contributed by atoms with Crippen LogP contribution in [0.25, 0.3) is 0 Å². The van der Waals surface area contributed by atoms with Crippen LogP contribution in [0.1, 0.15) is 15.9 Å². The van der Waals surface area contributed by atoms with E-state index in [1.54, 1.807) is 55.6 Å². The van der Waals surface area contributed by atoms with Crippen molar-refractivity contribution in [3.8, 4) is 5.75 Å². The first-order valence-corrected chi connectivity index (χ1v) is 9.69. The smallest absolute Gasteiger partial charge is 0.255 e. The molecule has 0 atom stereocenters. The Morgan fingerprint density at radius 3 is 2.00 bits per heavy atom. The Balaban J connectivity index is 1.46. The maximum Gasteiger partial charge on any atom is 0.255 e. The summed E-state index contributed by atoms with van der Waals surface area (Å²) in [5.41, 5.74) is 2.51. The van der Waals surface area contributed by atoms with Gasteiger partial charge in [-0.15, -0.1) is 0 Å². The third-order valence-corrected chi connectivity index (χ3v) is 4.43. The van der Waals surface area contributed by atoms with Crippen LogP contribution in [0.15, 0.2) is 78.9 Å². The number of rotatable bonds is 8. The van der Waals surface area contributed by atoms with Gasteiger partial charge in [-0.05, 0) is 54.1 Å². The van der Waals surface area contributed by atoms with Crippen LogP contribution in [0.5, 0.6) is 5.75 Å². The molecular weight excluding hydrogens is 394 g/mol. The molecule has 3 N–H and O–H groups in total. The van der Waals surface area contributed by atoms with Gasteiger partial charge < -0.3 is 20.7 Å². The number of anilines is 2. The molecule has 3 aromatic carbocycles. The molecule has 158 valence electrons. The topological polar surface area (TPSA) is 96.5 Å². The molecule has 7 heteroatoms. The van der Waals surface area contributed by atoms with Gasteiger partial charge >= 0.3 is 0 Å². The van der Waals surface area contributed by atoms with Crippen molar-refractivity contribution in [3.05, 3.63) is 90.0 Å². The first kappa shape index (κ1) is 21.6. The van der Waals surface area contributed by atoms with Crippen LogP contribution >= 0.6 is 0 Å². The van der Waals surface area contributed by atoms with Crippen LogP contribution in [0.2, 0.25) is 0 Å². The van der Waals surface area contributed by atoms with E-state index < -0.39 is 0 Å². The number of hydrogen-bond acceptors (Lipinski definition) is 4. The number of benzene rings is 3. The van der Waals surface area contributed by atoms with Gasteiger partial charge in [0.15, 0.2) is 0 Å². The van der Waals surface area contributed by atoms with Crippen LogP contribution in [0, 0.1) is 0 Å².